The van der Waals surface area contributed by atoms with Crippen LogP contribution in [0.5, 0.6) is 0 Å². The highest BCUT2D eigenvalue weighted by molar-refractivity contribution is 6.64. The molecular formula is C18H22BNO5. The summed E-state index contributed by atoms with van der Waals surface area (Å²) in [6.07, 6.45) is 0. The third kappa shape index (κ3) is 2.87. The highest BCUT2D eigenvalue weighted by atomic mass is 16.7. The molecule has 6 nitrogen and oxygen atoms in total. The van der Waals surface area contributed by atoms with Gasteiger partial charge in [-0.1, -0.05) is 23.4 Å². The zero-order chi connectivity index (χ0) is 18.4. The summed E-state index contributed by atoms with van der Waals surface area (Å²) in [7, 11) is 0.719. The molecule has 0 radical (unpaired) electrons. The van der Waals surface area contributed by atoms with Crippen molar-refractivity contribution in [3.63, 3.8) is 0 Å². The van der Waals surface area contributed by atoms with Crippen LogP contribution in [0.25, 0.3) is 11.3 Å². The van der Waals surface area contributed by atoms with E-state index in [1.54, 1.807) is 18.2 Å². The highest BCUT2D eigenvalue weighted by Crippen LogP contribution is 2.38. The standard InChI is InChI=1S/C18H22BNO5/c1-11-14(19-24-17(2,3)18(4,5)25-19)15(23-20-11)12-9-7-8-10-13(12)16(21)22-6/h7-10H,1-6H3. The molecule has 25 heavy (non-hydrogen) atoms. The number of methoxy groups -OCH3 is 1. The van der Waals surface area contributed by atoms with Gasteiger partial charge in [0.25, 0.3) is 0 Å². The summed E-state index contributed by atoms with van der Waals surface area (Å²) < 4.78 is 22.7. The Labute approximate surface area is 147 Å². The lowest BCUT2D eigenvalue weighted by atomic mass is 9.76. The molecule has 2 aromatic rings. The molecule has 132 valence electrons. The SMILES string of the molecule is COC(=O)c1ccccc1-c1onc(C)c1B1OC(C)(C)C(C)(C)O1. The van der Waals surface area contributed by atoms with Gasteiger partial charge >= 0.3 is 13.1 Å². The van der Waals surface area contributed by atoms with Crippen molar-refractivity contribution in [2.45, 2.75) is 45.8 Å². The Morgan fingerprint density at radius 2 is 1.72 bits per heavy atom. The minimum atomic E-state index is -0.628. The number of carbonyl (C=O) groups excluding carboxylic acids is 1. The molecule has 7 heteroatoms. The van der Waals surface area contributed by atoms with Crippen molar-refractivity contribution in [1.29, 1.82) is 0 Å². The smallest absolute Gasteiger partial charge is 0.465 e. The van der Waals surface area contributed by atoms with Crippen LogP contribution in [-0.4, -0.2) is 36.6 Å². The van der Waals surface area contributed by atoms with Gasteiger partial charge in [-0.2, -0.15) is 0 Å². The summed E-state index contributed by atoms with van der Waals surface area (Å²) in [5.41, 5.74) is 1.38. The van der Waals surface area contributed by atoms with Crippen LogP contribution in [0.15, 0.2) is 28.8 Å². The number of hydrogen-bond acceptors (Lipinski definition) is 6. The van der Waals surface area contributed by atoms with Gasteiger partial charge in [-0.05, 0) is 40.7 Å². The van der Waals surface area contributed by atoms with Gasteiger partial charge in [0.2, 0.25) is 0 Å². The molecule has 0 N–H and O–H groups in total. The van der Waals surface area contributed by atoms with E-state index in [9.17, 15) is 4.79 Å². The molecule has 0 atom stereocenters. The molecule has 1 aromatic heterocycles. The van der Waals surface area contributed by atoms with Gasteiger partial charge in [-0.25, -0.2) is 4.79 Å². The summed E-state index contributed by atoms with van der Waals surface area (Å²) in [5.74, 6) is 0.0153. The summed E-state index contributed by atoms with van der Waals surface area (Å²) in [6, 6.07) is 7.08. The van der Waals surface area contributed by atoms with Gasteiger partial charge < -0.3 is 18.6 Å². The van der Waals surface area contributed by atoms with E-state index in [-0.39, 0.29) is 0 Å². The van der Waals surface area contributed by atoms with Crippen molar-refractivity contribution >= 4 is 18.6 Å². The summed E-state index contributed by atoms with van der Waals surface area (Å²) in [5, 5.41) is 4.07. The Morgan fingerprint density at radius 3 is 2.32 bits per heavy atom. The van der Waals surface area contributed by atoms with Gasteiger partial charge in [0.1, 0.15) is 0 Å². The van der Waals surface area contributed by atoms with Crippen molar-refractivity contribution in [2.24, 2.45) is 0 Å². The Bertz CT molecular complexity index is 796. The second kappa shape index (κ2) is 6.00. The molecule has 0 bridgehead atoms. The van der Waals surface area contributed by atoms with E-state index in [2.05, 4.69) is 5.16 Å². The van der Waals surface area contributed by atoms with E-state index in [0.29, 0.717) is 28.0 Å². The lowest BCUT2D eigenvalue weighted by Gasteiger charge is -2.32. The molecule has 1 aromatic carbocycles. The maximum atomic E-state index is 12.1. The quantitative estimate of drug-likeness (QED) is 0.630. The molecule has 3 rings (SSSR count). The molecule has 1 aliphatic rings. The molecule has 1 aliphatic heterocycles. The molecule has 2 heterocycles. The van der Waals surface area contributed by atoms with Gasteiger partial charge in [-0.3, -0.25) is 0 Å². The molecular weight excluding hydrogens is 321 g/mol. The second-order valence-electron chi connectivity index (χ2n) is 7.14. The molecule has 0 unspecified atom stereocenters. The first-order valence-corrected chi connectivity index (χ1v) is 8.17. The van der Waals surface area contributed by atoms with Crippen LogP contribution >= 0.6 is 0 Å². The van der Waals surface area contributed by atoms with Crippen LogP contribution in [-0.2, 0) is 14.0 Å². The average molecular weight is 343 g/mol. The number of benzene rings is 1. The number of carbonyl (C=O) groups is 1. The Hall–Kier alpha value is -2.12. The molecule has 1 fully saturated rings. The van der Waals surface area contributed by atoms with Crippen LogP contribution in [0.3, 0.4) is 0 Å². The molecule has 1 saturated heterocycles. The van der Waals surface area contributed by atoms with Gasteiger partial charge in [-0.15, -0.1) is 0 Å². The topological polar surface area (TPSA) is 70.8 Å². The van der Waals surface area contributed by atoms with Crippen molar-refractivity contribution < 1.29 is 23.4 Å². The third-order valence-electron chi connectivity index (χ3n) is 4.97. The molecule has 0 aliphatic carbocycles. The number of aromatic nitrogens is 1. The van der Waals surface area contributed by atoms with E-state index < -0.39 is 24.3 Å². The average Bonchev–Trinajstić information content (AvgIpc) is 3.03. The van der Waals surface area contributed by atoms with Crippen LogP contribution in [0.1, 0.15) is 43.7 Å². The zero-order valence-electron chi connectivity index (χ0n) is 15.4. The van der Waals surface area contributed by atoms with E-state index in [0.717, 1.165) is 0 Å². The van der Waals surface area contributed by atoms with E-state index in [1.165, 1.54) is 7.11 Å². The summed E-state index contributed by atoms with van der Waals surface area (Å²) in [4.78, 5) is 12.1. The zero-order valence-corrected chi connectivity index (χ0v) is 15.4. The largest absolute Gasteiger partial charge is 0.500 e. The molecule has 0 spiro atoms. The van der Waals surface area contributed by atoms with Gasteiger partial charge in [0.05, 0.1) is 35.0 Å². The summed E-state index contributed by atoms with van der Waals surface area (Å²) >= 11 is 0. The number of hydrogen-bond donors (Lipinski definition) is 0. The molecule has 0 saturated carbocycles. The van der Waals surface area contributed by atoms with E-state index in [1.807, 2.05) is 40.7 Å². The molecule has 0 amide bonds. The predicted octanol–water partition coefficient (Wildman–Crippen LogP) is 2.74. The van der Waals surface area contributed by atoms with Crippen LogP contribution < -0.4 is 5.46 Å². The number of esters is 1. The van der Waals surface area contributed by atoms with Gasteiger partial charge in [0, 0.05) is 5.56 Å². The first kappa shape index (κ1) is 17.7. The lowest BCUT2D eigenvalue weighted by Crippen LogP contribution is -2.41. The number of ether oxygens (including phenoxy) is 1. The van der Waals surface area contributed by atoms with Crippen molar-refractivity contribution in [3.8, 4) is 11.3 Å². The van der Waals surface area contributed by atoms with Crippen molar-refractivity contribution in [3.05, 3.63) is 35.5 Å². The monoisotopic (exact) mass is 343 g/mol. The minimum Gasteiger partial charge on any atom is -0.465 e. The number of aryl methyl sites for hydroxylation is 1. The fourth-order valence-corrected chi connectivity index (χ4v) is 2.78. The van der Waals surface area contributed by atoms with Crippen LogP contribution in [0, 0.1) is 6.92 Å². The highest BCUT2D eigenvalue weighted by Gasteiger charge is 2.53. The Balaban J connectivity index is 2.10. The lowest BCUT2D eigenvalue weighted by molar-refractivity contribution is 0.00578. The third-order valence-corrected chi connectivity index (χ3v) is 4.97. The maximum absolute atomic E-state index is 12.1. The van der Waals surface area contributed by atoms with Crippen LogP contribution in [0.4, 0.5) is 0 Å². The second-order valence-corrected chi connectivity index (χ2v) is 7.14. The fraction of sp³-hybridized carbons (Fsp3) is 0.444. The normalized spacial score (nSPS) is 18.4. The predicted molar refractivity (Wildman–Crippen MR) is 93.7 cm³/mol. The first-order chi connectivity index (χ1) is 11.7. The van der Waals surface area contributed by atoms with Gasteiger partial charge in [0.15, 0.2) is 5.76 Å². The van der Waals surface area contributed by atoms with Crippen molar-refractivity contribution in [2.75, 3.05) is 7.11 Å². The minimum absolute atomic E-state index is 0.402. The Kier molecular flexibility index (Phi) is 4.25. The van der Waals surface area contributed by atoms with E-state index >= 15 is 0 Å². The number of nitrogens with zero attached hydrogens (tertiary/aromatic N) is 1. The van der Waals surface area contributed by atoms with E-state index in [4.69, 9.17) is 18.6 Å². The van der Waals surface area contributed by atoms with Crippen molar-refractivity contribution in [1.82, 2.24) is 5.16 Å². The fourth-order valence-electron chi connectivity index (χ4n) is 2.78. The first-order valence-electron chi connectivity index (χ1n) is 8.17. The Morgan fingerprint density at radius 1 is 1.12 bits per heavy atom. The number of rotatable bonds is 3. The van der Waals surface area contributed by atoms with Crippen LogP contribution in [0.2, 0.25) is 0 Å². The summed E-state index contributed by atoms with van der Waals surface area (Å²) in [6.45, 7) is 9.76. The maximum Gasteiger partial charge on any atom is 0.500 e.